The van der Waals surface area contributed by atoms with Crippen molar-refractivity contribution in [2.24, 2.45) is 0 Å². The third-order valence-electron chi connectivity index (χ3n) is 2.42. The molecule has 0 atom stereocenters. The monoisotopic (exact) mass is 312 g/mol. The number of carboxylic acids is 1. The van der Waals surface area contributed by atoms with Gasteiger partial charge >= 0.3 is 5.97 Å². The van der Waals surface area contributed by atoms with E-state index in [1.165, 1.54) is 42.7 Å². The highest BCUT2D eigenvalue weighted by Gasteiger charge is 2.16. The van der Waals surface area contributed by atoms with Crippen molar-refractivity contribution in [1.82, 2.24) is 4.98 Å². The van der Waals surface area contributed by atoms with Crippen molar-refractivity contribution in [2.75, 3.05) is 4.72 Å². The normalized spacial score (nSPS) is 11.1. The molecular formula is C12H9ClN2O4S. The zero-order valence-corrected chi connectivity index (χ0v) is 11.5. The first-order valence-electron chi connectivity index (χ1n) is 5.36. The SMILES string of the molecule is O=C(O)c1ccc(S(=O)(=O)Nc2cnccc2Cl)cc1. The third kappa shape index (κ3) is 3.06. The van der Waals surface area contributed by atoms with Gasteiger partial charge in [-0.2, -0.15) is 0 Å². The van der Waals surface area contributed by atoms with E-state index in [2.05, 4.69) is 9.71 Å². The lowest BCUT2D eigenvalue weighted by atomic mass is 10.2. The summed E-state index contributed by atoms with van der Waals surface area (Å²) in [5.41, 5.74) is 0.153. The Morgan fingerprint density at radius 2 is 1.85 bits per heavy atom. The number of carbonyl (C=O) groups is 1. The molecule has 0 aliphatic heterocycles. The number of anilines is 1. The van der Waals surface area contributed by atoms with Gasteiger partial charge < -0.3 is 5.11 Å². The molecule has 1 aromatic heterocycles. The van der Waals surface area contributed by atoms with Crippen LogP contribution >= 0.6 is 11.6 Å². The summed E-state index contributed by atoms with van der Waals surface area (Å²) in [5, 5.41) is 8.97. The van der Waals surface area contributed by atoms with Gasteiger partial charge in [0.2, 0.25) is 0 Å². The van der Waals surface area contributed by atoms with Crippen LogP contribution in [0.4, 0.5) is 5.69 Å². The van der Waals surface area contributed by atoms with E-state index in [1.807, 2.05) is 0 Å². The van der Waals surface area contributed by atoms with E-state index in [0.717, 1.165) is 0 Å². The molecule has 0 bridgehead atoms. The van der Waals surface area contributed by atoms with Gasteiger partial charge in [-0.25, -0.2) is 13.2 Å². The van der Waals surface area contributed by atoms with Crippen molar-refractivity contribution in [3.05, 3.63) is 53.3 Å². The van der Waals surface area contributed by atoms with Crippen molar-refractivity contribution in [3.63, 3.8) is 0 Å². The average molecular weight is 313 g/mol. The molecule has 2 aromatic rings. The van der Waals surface area contributed by atoms with Crippen molar-refractivity contribution < 1.29 is 18.3 Å². The number of pyridine rings is 1. The molecule has 2 N–H and O–H groups in total. The second kappa shape index (κ2) is 5.48. The summed E-state index contributed by atoms with van der Waals surface area (Å²) in [7, 11) is -3.85. The van der Waals surface area contributed by atoms with Crippen LogP contribution < -0.4 is 4.72 Å². The van der Waals surface area contributed by atoms with E-state index in [-0.39, 0.29) is 21.2 Å². The fraction of sp³-hybridized carbons (Fsp3) is 0. The molecule has 0 saturated heterocycles. The third-order valence-corrected chi connectivity index (χ3v) is 4.13. The van der Waals surface area contributed by atoms with Crippen molar-refractivity contribution in [3.8, 4) is 0 Å². The van der Waals surface area contributed by atoms with Crippen LogP contribution in [0.5, 0.6) is 0 Å². The molecule has 0 fully saturated rings. The van der Waals surface area contributed by atoms with Crippen LogP contribution in [0.1, 0.15) is 10.4 Å². The molecule has 0 aliphatic carbocycles. The van der Waals surface area contributed by atoms with Crippen LogP contribution in [0.2, 0.25) is 5.02 Å². The Bertz CT molecular complexity index is 744. The first-order valence-corrected chi connectivity index (χ1v) is 7.22. The molecule has 0 spiro atoms. The minimum absolute atomic E-state index is 0.00311. The van der Waals surface area contributed by atoms with Gasteiger partial charge in [-0.15, -0.1) is 0 Å². The maximum absolute atomic E-state index is 12.1. The van der Waals surface area contributed by atoms with E-state index < -0.39 is 16.0 Å². The molecule has 1 aromatic carbocycles. The van der Waals surface area contributed by atoms with Crippen LogP contribution in [0.25, 0.3) is 0 Å². The van der Waals surface area contributed by atoms with Crippen LogP contribution in [-0.2, 0) is 10.0 Å². The summed E-state index contributed by atoms with van der Waals surface area (Å²) >= 11 is 5.84. The Labute approximate surface area is 120 Å². The number of rotatable bonds is 4. The number of carboxylic acid groups (broad SMARTS) is 1. The second-order valence-corrected chi connectivity index (χ2v) is 5.88. The van der Waals surface area contributed by atoms with Crippen LogP contribution in [0.15, 0.2) is 47.6 Å². The zero-order chi connectivity index (χ0) is 14.8. The van der Waals surface area contributed by atoms with Gasteiger partial charge in [0.25, 0.3) is 10.0 Å². The van der Waals surface area contributed by atoms with Gasteiger partial charge in [0.05, 0.1) is 27.4 Å². The number of nitrogens with zero attached hydrogens (tertiary/aromatic N) is 1. The van der Waals surface area contributed by atoms with Crippen molar-refractivity contribution in [2.45, 2.75) is 4.90 Å². The van der Waals surface area contributed by atoms with E-state index in [9.17, 15) is 13.2 Å². The van der Waals surface area contributed by atoms with E-state index in [4.69, 9.17) is 16.7 Å². The predicted octanol–water partition coefficient (Wildman–Crippen LogP) is 2.23. The van der Waals surface area contributed by atoms with Gasteiger partial charge in [-0.1, -0.05) is 11.6 Å². The molecule has 0 aliphatic rings. The number of sulfonamides is 1. The largest absolute Gasteiger partial charge is 0.478 e. The lowest BCUT2D eigenvalue weighted by Gasteiger charge is -2.09. The van der Waals surface area contributed by atoms with Gasteiger partial charge in [-0.3, -0.25) is 9.71 Å². The molecule has 0 amide bonds. The number of hydrogen-bond acceptors (Lipinski definition) is 4. The average Bonchev–Trinajstić information content (AvgIpc) is 2.41. The molecule has 0 saturated carbocycles. The Kier molecular flexibility index (Phi) is 3.91. The van der Waals surface area contributed by atoms with Gasteiger partial charge in [0.1, 0.15) is 0 Å². The summed E-state index contributed by atoms with van der Waals surface area (Å²) in [6, 6.07) is 6.28. The standard InChI is InChI=1S/C12H9ClN2O4S/c13-10-5-6-14-7-11(10)15-20(18,19)9-3-1-8(2-4-9)12(16)17/h1-7,15H,(H,16,17). The number of halogens is 1. The maximum Gasteiger partial charge on any atom is 0.335 e. The van der Waals surface area contributed by atoms with Crippen molar-refractivity contribution >= 4 is 33.3 Å². The Hall–Kier alpha value is -2.12. The van der Waals surface area contributed by atoms with E-state index >= 15 is 0 Å². The second-order valence-electron chi connectivity index (χ2n) is 3.79. The molecule has 20 heavy (non-hydrogen) atoms. The number of hydrogen-bond donors (Lipinski definition) is 2. The van der Waals surface area contributed by atoms with Crippen LogP contribution in [0, 0.1) is 0 Å². The Morgan fingerprint density at radius 3 is 2.40 bits per heavy atom. The molecule has 0 unspecified atom stereocenters. The van der Waals surface area contributed by atoms with Gasteiger partial charge in [-0.05, 0) is 30.3 Å². The zero-order valence-electron chi connectivity index (χ0n) is 9.95. The highest BCUT2D eigenvalue weighted by molar-refractivity contribution is 7.92. The number of aromatic carboxylic acids is 1. The fourth-order valence-electron chi connectivity index (χ4n) is 1.43. The summed E-state index contributed by atoms with van der Waals surface area (Å²) < 4.78 is 26.5. The number of benzene rings is 1. The topological polar surface area (TPSA) is 96.4 Å². The maximum atomic E-state index is 12.1. The lowest BCUT2D eigenvalue weighted by Crippen LogP contribution is -2.13. The quantitative estimate of drug-likeness (QED) is 0.902. The highest BCUT2D eigenvalue weighted by Crippen LogP contribution is 2.23. The number of aromatic nitrogens is 1. The van der Waals surface area contributed by atoms with Crippen LogP contribution in [-0.4, -0.2) is 24.5 Å². The van der Waals surface area contributed by atoms with Gasteiger partial charge in [0, 0.05) is 6.20 Å². The first kappa shape index (κ1) is 14.3. The molecule has 8 heteroatoms. The lowest BCUT2D eigenvalue weighted by molar-refractivity contribution is 0.0697. The van der Waals surface area contributed by atoms with Crippen LogP contribution in [0.3, 0.4) is 0 Å². The minimum atomic E-state index is -3.85. The summed E-state index contributed by atoms with van der Waals surface area (Å²) in [4.78, 5) is 14.4. The smallest absolute Gasteiger partial charge is 0.335 e. The molecule has 2 rings (SSSR count). The van der Waals surface area contributed by atoms with E-state index in [1.54, 1.807) is 0 Å². The van der Waals surface area contributed by atoms with Crippen molar-refractivity contribution in [1.29, 1.82) is 0 Å². The summed E-state index contributed by atoms with van der Waals surface area (Å²) in [6.45, 7) is 0. The molecular weight excluding hydrogens is 304 g/mol. The van der Waals surface area contributed by atoms with E-state index in [0.29, 0.717) is 0 Å². The predicted molar refractivity (Wildman–Crippen MR) is 73.5 cm³/mol. The first-order chi connectivity index (χ1) is 9.40. The highest BCUT2D eigenvalue weighted by atomic mass is 35.5. The fourth-order valence-corrected chi connectivity index (χ4v) is 2.71. The number of nitrogens with one attached hydrogen (secondary N) is 1. The summed E-state index contributed by atoms with van der Waals surface area (Å²) in [5.74, 6) is -1.13. The van der Waals surface area contributed by atoms with Gasteiger partial charge in [0.15, 0.2) is 0 Å². The minimum Gasteiger partial charge on any atom is -0.478 e. The molecule has 104 valence electrons. The Balaban J connectivity index is 2.31. The molecule has 1 heterocycles. The Morgan fingerprint density at radius 1 is 1.20 bits per heavy atom. The molecule has 6 nitrogen and oxygen atoms in total. The summed E-state index contributed by atoms with van der Waals surface area (Å²) in [6.07, 6.45) is 2.72. The molecule has 0 radical (unpaired) electrons.